The van der Waals surface area contributed by atoms with Crippen molar-refractivity contribution in [2.75, 3.05) is 25.6 Å². The van der Waals surface area contributed by atoms with Crippen LogP contribution in [0.1, 0.15) is 0 Å². The van der Waals surface area contributed by atoms with Crippen LogP contribution in [0.3, 0.4) is 0 Å². The van der Waals surface area contributed by atoms with Crippen molar-refractivity contribution in [3.63, 3.8) is 0 Å². The molecule has 0 radical (unpaired) electrons. The Morgan fingerprint density at radius 2 is 2.26 bits per heavy atom. The number of para-hydroxylation sites is 1. The summed E-state index contributed by atoms with van der Waals surface area (Å²) in [5.74, 6) is -0.100. The number of methoxy groups -OCH3 is 1. The van der Waals surface area contributed by atoms with Crippen molar-refractivity contribution < 1.29 is 9.53 Å². The van der Waals surface area contributed by atoms with Crippen LogP contribution >= 0.6 is 11.3 Å². The molecule has 23 heavy (non-hydrogen) atoms. The lowest BCUT2D eigenvalue weighted by molar-refractivity contribution is -0.122. The van der Waals surface area contributed by atoms with Crippen LogP contribution in [0.4, 0.5) is 10.8 Å². The number of benzene rings is 1. The Hall–Kier alpha value is -2.45. The first kappa shape index (κ1) is 15.4. The summed E-state index contributed by atoms with van der Waals surface area (Å²) in [6.45, 7) is 1.16. The van der Waals surface area contributed by atoms with E-state index in [0.29, 0.717) is 13.2 Å². The second-order valence-corrected chi connectivity index (χ2v) is 5.91. The predicted octanol–water partition coefficient (Wildman–Crippen LogP) is 2.00. The topological polar surface area (TPSA) is 81.1 Å². The fourth-order valence-electron chi connectivity index (χ4n) is 2.06. The zero-order chi connectivity index (χ0) is 16.1. The number of rotatable bonds is 7. The van der Waals surface area contributed by atoms with Crippen molar-refractivity contribution in [2.45, 2.75) is 6.54 Å². The molecule has 0 fully saturated rings. The molecule has 3 rings (SSSR count). The van der Waals surface area contributed by atoms with Crippen molar-refractivity contribution in [1.29, 1.82) is 0 Å². The number of hydrogen-bond donors (Lipinski definition) is 2. The van der Waals surface area contributed by atoms with Crippen molar-refractivity contribution >= 4 is 38.3 Å². The van der Waals surface area contributed by atoms with Crippen molar-refractivity contribution in [3.8, 4) is 0 Å². The molecule has 2 aromatic heterocycles. The third-order valence-corrected chi connectivity index (χ3v) is 4.06. The summed E-state index contributed by atoms with van der Waals surface area (Å²) in [6.07, 6.45) is 3.45. The van der Waals surface area contributed by atoms with Gasteiger partial charge in [0.1, 0.15) is 6.54 Å². The van der Waals surface area contributed by atoms with Gasteiger partial charge in [-0.3, -0.25) is 9.48 Å². The van der Waals surface area contributed by atoms with Gasteiger partial charge in [-0.15, -0.1) is 0 Å². The fraction of sp³-hybridized carbons (Fsp3) is 0.267. The minimum absolute atomic E-state index is 0.100. The maximum Gasteiger partial charge on any atom is 0.241 e. The van der Waals surface area contributed by atoms with Gasteiger partial charge in [-0.25, -0.2) is 4.98 Å². The van der Waals surface area contributed by atoms with Gasteiger partial charge >= 0.3 is 0 Å². The third kappa shape index (κ3) is 4.05. The van der Waals surface area contributed by atoms with E-state index in [2.05, 4.69) is 20.7 Å². The fourth-order valence-corrected chi connectivity index (χ4v) is 2.95. The lowest BCUT2D eigenvalue weighted by atomic mass is 10.3. The van der Waals surface area contributed by atoms with E-state index in [4.69, 9.17) is 4.74 Å². The molecule has 0 aliphatic carbocycles. The van der Waals surface area contributed by atoms with E-state index in [0.717, 1.165) is 21.0 Å². The average Bonchev–Trinajstić information content (AvgIpc) is 3.14. The Labute approximate surface area is 137 Å². The van der Waals surface area contributed by atoms with E-state index < -0.39 is 0 Å². The molecule has 0 saturated carbocycles. The number of nitrogens with one attached hydrogen (secondary N) is 2. The van der Waals surface area contributed by atoms with Gasteiger partial charge in [0, 0.05) is 19.9 Å². The van der Waals surface area contributed by atoms with Gasteiger partial charge in [0.05, 0.1) is 28.7 Å². The Morgan fingerprint density at radius 3 is 3.09 bits per heavy atom. The van der Waals surface area contributed by atoms with Crippen molar-refractivity contribution in [2.24, 2.45) is 0 Å². The minimum atomic E-state index is -0.100. The first-order valence-electron chi connectivity index (χ1n) is 7.15. The summed E-state index contributed by atoms with van der Waals surface area (Å²) in [7, 11) is 1.60. The highest BCUT2D eigenvalue weighted by molar-refractivity contribution is 7.22. The van der Waals surface area contributed by atoms with E-state index in [1.165, 1.54) is 0 Å². The standard InChI is InChI=1S/C15H17N5O2S/c1-22-7-6-16-14(21)10-20-9-11(8-17-20)18-15-19-12-4-2-3-5-13(12)23-15/h2-5,8-9H,6-7,10H2,1H3,(H,16,21)(H,18,19). The van der Waals surface area contributed by atoms with Crippen molar-refractivity contribution in [3.05, 3.63) is 36.7 Å². The molecule has 1 aromatic carbocycles. The van der Waals surface area contributed by atoms with E-state index in [1.54, 1.807) is 35.5 Å². The Morgan fingerprint density at radius 1 is 1.39 bits per heavy atom. The first-order valence-corrected chi connectivity index (χ1v) is 7.97. The minimum Gasteiger partial charge on any atom is -0.383 e. The summed E-state index contributed by atoms with van der Waals surface area (Å²) in [5, 5.41) is 10.9. The molecule has 0 bridgehead atoms. The maximum absolute atomic E-state index is 11.7. The highest BCUT2D eigenvalue weighted by Gasteiger charge is 2.07. The normalized spacial score (nSPS) is 10.8. The molecule has 0 aliphatic rings. The van der Waals surface area contributed by atoms with Crippen LogP contribution in [0.5, 0.6) is 0 Å². The molecule has 2 heterocycles. The molecule has 0 unspecified atom stereocenters. The molecule has 0 atom stereocenters. The molecular formula is C15H17N5O2S. The quantitative estimate of drug-likeness (QED) is 0.647. The van der Waals surface area contributed by atoms with E-state index in [-0.39, 0.29) is 12.5 Å². The summed E-state index contributed by atoms with van der Waals surface area (Å²) >= 11 is 1.58. The van der Waals surface area contributed by atoms with Crippen LogP contribution in [-0.2, 0) is 16.1 Å². The highest BCUT2D eigenvalue weighted by Crippen LogP contribution is 2.27. The van der Waals surface area contributed by atoms with Gasteiger partial charge in [0.25, 0.3) is 0 Å². The Balaban J connectivity index is 1.59. The molecule has 0 spiro atoms. The predicted molar refractivity (Wildman–Crippen MR) is 90.0 cm³/mol. The number of thiazole rings is 1. The van der Waals surface area contributed by atoms with Gasteiger partial charge < -0.3 is 15.4 Å². The zero-order valence-electron chi connectivity index (χ0n) is 12.7. The Bertz CT molecular complexity index is 765. The van der Waals surface area contributed by atoms with Crippen LogP contribution in [-0.4, -0.2) is 40.9 Å². The number of carbonyl (C=O) groups is 1. The monoisotopic (exact) mass is 331 g/mol. The average molecular weight is 331 g/mol. The molecule has 2 N–H and O–H groups in total. The number of fused-ring (bicyclic) bond motifs is 1. The summed E-state index contributed by atoms with van der Waals surface area (Å²) in [6, 6.07) is 7.97. The number of nitrogens with zero attached hydrogens (tertiary/aromatic N) is 3. The summed E-state index contributed by atoms with van der Waals surface area (Å²) in [4.78, 5) is 16.2. The van der Waals surface area contributed by atoms with E-state index >= 15 is 0 Å². The smallest absolute Gasteiger partial charge is 0.241 e. The van der Waals surface area contributed by atoms with E-state index in [1.807, 2.05) is 24.3 Å². The second kappa shape index (κ2) is 7.21. The summed E-state index contributed by atoms with van der Waals surface area (Å²) < 4.78 is 7.59. The maximum atomic E-state index is 11.7. The summed E-state index contributed by atoms with van der Waals surface area (Å²) in [5.41, 5.74) is 1.76. The van der Waals surface area contributed by atoms with Crippen LogP contribution in [0.15, 0.2) is 36.7 Å². The number of ether oxygens (including phenoxy) is 1. The number of amides is 1. The van der Waals surface area contributed by atoms with Gasteiger partial charge in [-0.05, 0) is 12.1 Å². The Kier molecular flexibility index (Phi) is 4.84. The van der Waals surface area contributed by atoms with Crippen LogP contribution in [0.25, 0.3) is 10.2 Å². The van der Waals surface area contributed by atoms with Crippen LogP contribution in [0, 0.1) is 0 Å². The number of carbonyl (C=O) groups excluding carboxylic acids is 1. The largest absolute Gasteiger partial charge is 0.383 e. The van der Waals surface area contributed by atoms with Crippen molar-refractivity contribution in [1.82, 2.24) is 20.1 Å². The van der Waals surface area contributed by atoms with Crippen LogP contribution < -0.4 is 10.6 Å². The second-order valence-electron chi connectivity index (χ2n) is 4.88. The molecule has 1 amide bonds. The highest BCUT2D eigenvalue weighted by atomic mass is 32.1. The molecule has 3 aromatic rings. The zero-order valence-corrected chi connectivity index (χ0v) is 13.5. The molecule has 8 heteroatoms. The molecular weight excluding hydrogens is 314 g/mol. The third-order valence-electron chi connectivity index (χ3n) is 3.11. The number of hydrogen-bond acceptors (Lipinski definition) is 6. The number of aromatic nitrogens is 3. The van der Waals surface area contributed by atoms with Gasteiger partial charge in [0.2, 0.25) is 5.91 Å². The van der Waals surface area contributed by atoms with Gasteiger partial charge in [0.15, 0.2) is 5.13 Å². The van der Waals surface area contributed by atoms with Gasteiger partial charge in [-0.2, -0.15) is 5.10 Å². The lowest BCUT2D eigenvalue weighted by Crippen LogP contribution is -2.30. The van der Waals surface area contributed by atoms with E-state index in [9.17, 15) is 4.79 Å². The first-order chi connectivity index (χ1) is 11.2. The number of anilines is 2. The van der Waals surface area contributed by atoms with Crippen LogP contribution in [0.2, 0.25) is 0 Å². The SMILES string of the molecule is COCCNC(=O)Cn1cc(Nc2nc3ccccc3s2)cn1. The molecule has 7 nitrogen and oxygen atoms in total. The van der Waals surface area contributed by atoms with Gasteiger partial charge in [-0.1, -0.05) is 23.5 Å². The molecule has 0 saturated heterocycles. The molecule has 0 aliphatic heterocycles. The molecule has 120 valence electrons. The lowest BCUT2D eigenvalue weighted by Gasteiger charge is -2.04.